The molecule has 2 saturated carbocycles. The number of rotatable bonds is 8. The Bertz CT molecular complexity index is 1090. The van der Waals surface area contributed by atoms with Crippen molar-refractivity contribution in [1.29, 1.82) is 0 Å². The van der Waals surface area contributed by atoms with Crippen LogP contribution in [0.5, 0.6) is 5.75 Å². The van der Waals surface area contributed by atoms with Gasteiger partial charge in [-0.3, -0.25) is 9.48 Å². The van der Waals surface area contributed by atoms with Gasteiger partial charge in [0.05, 0.1) is 16.3 Å². The van der Waals surface area contributed by atoms with Crippen LogP contribution in [0.3, 0.4) is 0 Å². The molecule has 0 spiro atoms. The molecule has 1 aromatic heterocycles. The number of carbonyl (C=O) groups is 1. The van der Waals surface area contributed by atoms with Gasteiger partial charge in [-0.1, -0.05) is 44.4 Å². The number of amides is 1. The molecule has 0 atom stereocenters. The number of nitrogens with zero attached hydrogens (tertiary/aromatic N) is 2. The molecule has 1 amide bonds. The first-order valence-electron chi connectivity index (χ1n) is 13.5. The highest BCUT2D eigenvalue weighted by atomic mass is 35.5. The highest BCUT2D eigenvalue weighted by Gasteiger charge is 2.35. The average molecular weight is 538 g/mol. The van der Waals surface area contributed by atoms with Crippen molar-refractivity contribution < 1.29 is 23.4 Å². The van der Waals surface area contributed by atoms with E-state index >= 15 is 0 Å². The van der Waals surface area contributed by atoms with Gasteiger partial charge in [0.15, 0.2) is 5.69 Å². The summed E-state index contributed by atoms with van der Waals surface area (Å²) in [5, 5.41) is 18.7. The maximum Gasteiger partial charge on any atom is 0.387 e. The summed E-state index contributed by atoms with van der Waals surface area (Å²) in [4.78, 5) is 13.0. The SMILES string of the molecule is CCn1nc(C(=O)NCC2CCC(C)CC2)c(Cl)c1-c1ccc(C2(O)CCC(C)CC2)cc1OC(F)F. The molecule has 0 aliphatic heterocycles. The Hall–Kier alpha value is -2.19. The number of aromatic nitrogens is 2. The fraction of sp³-hybridized carbons (Fsp3) is 0.643. The van der Waals surface area contributed by atoms with Crippen LogP contribution in [0.4, 0.5) is 8.78 Å². The summed E-state index contributed by atoms with van der Waals surface area (Å²) in [5.74, 6) is 1.19. The van der Waals surface area contributed by atoms with E-state index in [2.05, 4.69) is 24.3 Å². The van der Waals surface area contributed by atoms with E-state index < -0.39 is 12.2 Å². The first-order chi connectivity index (χ1) is 17.6. The van der Waals surface area contributed by atoms with E-state index in [-0.39, 0.29) is 22.4 Å². The summed E-state index contributed by atoms with van der Waals surface area (Å²) in [6.07, 6.45) is 7.30. The Labute approximate surface area is 222 Å². The number of benzene rings is 1. The fourth-order valence-electron chi connectivity index (χ4n) is 5.65. The number of halogens is 3. The fourth-order valence-corrected chi connectivity index (χ4v) is 5.98. The molecule has 0 bridgehead atoms. The van der Waals surface area contributed by atoms with E-state index in [1.807, 2.05) is 6.92 Å². The number of hydrogen-bond acceptors (Lipinski definition) is 4. The highest BCUT2D eigenvalue weighted by molar-refractivity contribution is 6.36. The van der Waals surface area contributed by atoms with Crippen molar-refractivity contribution in [3.63, 3.8) is 0 Å². The summed E-state index contributed by atoms with van der Waals surface area (Å²) in [6, 6.07) is 4.84. The quantitative estimate of drug-likeness (QED) is 0.389. The molecular weight excluding hydrogens is 500 g/mol. The van der Waals surface area contributed by atoms with Crippen LogP contribution in [0, 0.1) is 17.8 Å². The van der Waals surface area contributed by atoms with Gasteiger partial charge in [0.2, 0.25) is 0 Å². The predicted molar refractivity (Wildman–Crippen MR) is 140 cm³/mol. The third-order valence-corrected chi connectivity index (χ3v) is 8.55. The zero-order valence-corrected chi connectivity index (χ0v) is 22.7. The molecule has 2 fully saturated rings. The first-order valence-corrected chi connectivity index (χ1v) is 13.9. The Morgan fingerprint density at radius 1 is 1.19 bits per heavy atom. The minimum absolute atomic E-state index is 0.0645. The molecule has 2 aliphatic carbocycles. The van der Waals surface area contributed by atoms with Crippen molar-refractivity contribution >= 4 is 17.5 Å². The van der Waals surface area contributed by atoms with E-state index in [9.17, 15) is 18.7 Å². The number of ether oxygens (including phenoxy) is 1. The number of aryl methyl sites for hydroxylation is 1. The monoisotopic (exact) mass is 537 g/mol. The Kier molecular flexibility index (Phi) is 8.79. The van der Waals surface area contributed by atoms with Crippen LogP contribution < -0.4 is 10.1 Å². The maximum absolute atomic E-state index is 13.5. The smallest absolute Gasteiger partial charge is 0.387 e. The molecular formula is C28H38ClF2N3O3. The van der Waals surface area contributed by atoms with Gasteiger partial charge in [-0.2, -0.15) is 13.9 Å². The van der Waals surface area contributed by atoms with Crippen molar-refractivity contribution in [2.24, 2.45) is 17.8 Å². The molecule has 2 aromatic rings. The highest BCUT2D eigenvalue weighted by Crippen LogP contribution is 2.44. The number of alkyl halides is 2. The van der Waals surface area contributed by atoms with E-state index in [4.69, 9.17) is 16.3 Å². The van der Waals surface area contributed by atoms with E-state index in [0.717, 1.165) is 44.4 Å². The molecule has 0 saturated heterocycles. The largest absolute Gasteiger partial charge is 0.434 e. The van der Waals surface area contributed by atoms with Gasteiger partial charge in [-0.05, 0) is 80.9 Å². The molecule has 0 radical (unpaired) electrons. The van der Waals surface area contributed by atoms with Gasteiger partial charge in [-0.15, -0.1) is 0 Å². The molecule has 1 aromatic carbocycles. The molecule has 204 valence electrons. The molecule has 2 aliphatic rings. The van der Waals surface area contributed by atoms with Gasteiger partial charge in [0.25, 0.3) is 5.91 Å². The summed E-state index contributed by atoms with van der Waals surface area (Å²) in [7, 11) is 0. The lowest BCUT2D eigenvalue weighted by Gasteiger charge is -2.35. The lowest BCUT2D eigenvalue weighted by atomic mass is 9.75. The maximum atomic E-state index is 13.5. The lowest BCUT2D eigenvalue weighted by molar-refractivity contribution is -0.0504. The Morgan fingerprint density at radius 3 is 2.46 bits per heavy atom. The third kappa shape index (κ3) is 6.28. The van der Waals surface area contributed by atoms with Crippen LogP contribution in [-0.2, 0) is 12.1 Å². The van der Waals surface area contributed by atoms with Crippen LogP contribution in [0.1, 0.15) is 88.2 Å². The molecule has 37 heavy (non-hydrogen) atoms. The summed E-state index contributed by atoms with van der Waals surface area (Å²) in [5.41, 5.74) is 0.151. The van der Waals surface area contributed by atoms with Crippen molar-refractivity contribution in [2.75, 3.05) is 6.54 Å². The molecule has 6 nitrogen and oxygen atoms in total. The van der Waals surface area contributed by atoms with Gasteiger partial charge in [0.1, 0.15) is 5.75 Å². The zero-order valence-electron chi connectivity index (χ0n) is 21.9. The molecule has 2 N–H and O–H groups in total. The molecule has 0 unspecified atom stereocenters. The lowest BCUT2D eigenvalue weighted by Crippen LogP contribution is -2.31. The van der Waals surface area contributed by atoms with Crippen LogP contribution in [0.15, 0.2) is 18.2 Å². The number of carbonyl (C=O) groups excluding carboxylic acids is 1. The van der Waals surface area contributed by atoms with Crippen molar-refractivity contribution in [3.8, 4) is 17.0 Å². The molecule has 1 heterocycles. The zero-order chi connectivity index (χ0) is 26.7. The predicted octanol–water partition coefficient (Wildman–Crippen LogP) is 6.78. The normalized spacial score (nSPS) is 26.3. The number of aliphatic hydroxyl groups is 1. The van der Waals surface area contributed by atoms with Crippen LogP contribution in [-0.4, -0.2) is 34.0 Å². The minimum atomic E-state index is -3.06. The number of hydrogen-bond donors (Lipinski definition) is 2. The topological polar surface area (TPSA) is 76.4 Å². The van der Waals surface area contributed by atoms with Crippen LogP contribution in [0.2, 0.25) is 5.02 Å². The summed E-state index contributed by atoms with van der Waals surface area (Å²) >= 11 is 6.68. The standard InChI is InChI=1S/C28H38ClF2N3O3/c1-4-34-25(23(29)24(33-34)26(35)32-16-19-7-5-17(2)6-8-19)21-10-9-20(15-22(21)37-27(30)31)28(36)13-11-18(3)12-14-28/h9-10,15,17-19,27,36H,4-8,11-14,16H2,1-3H3,(H,32,35). The first kappa shape index (κ1) is 27.8. The van der Waals surface area contributed by atoms with Gasteiger partial charge < -0.3 is 15.2 Å². The Morgan fingerprint density at radius 2 is 1.84 bits per heavy atom. The third-order valence-electron chi connectivity index (χ3n) is 8.19. The molecule has 9 heteroatoms. The summed E-state index contributed by atoms with van der Waals surface area (Å²) < 4.78 is 33.3. The average Bonchev–Trinajstić information content (AvgIpc) is 3.21. The molecule has 4 rings (SSSR count). The van der Waals surface area contributed by atoms with Crippen molar-refractivity contribution in [2.45, 2.75) is 90.9 Å². The van der Waals surface area contributed by atoms with Gasteiger partial charge in [0, 0.05) is 18.7 Å². The van der Waals surface area contributed by atoms with Crippen molar-refractivity contribution in [1.82, 2.24) is 15.1 Å². The van der Waals surface area contributed by atoms with E-state index in [1.165, 1.54) is 10.7 Å². The number of nitrogens with one attached hydrogen (secondary N) is 1. The van der Waals surface area contributed by atoms with Crippen molar-refractivity contribution in [3.05, 3.63) is 34.5 Å². The van der Waals surface area contributed by atoms with Gasteiger partial charge >= 0.3 is 6.61 Å². The summed E-state index contributed by atoms with van der Waals surface area (Å²) in [6.45, 7) is 4.11. The second kappa shape index (κ2) is 11.7. The second-order valence-corrected chi connectivity index (χ2v) is 11.3. The van der Waals surface area contributed by atoms with E-state index in [1.54, 1.807) is 12.1 Å². The van der Waals surface area contributed by atoms with Crippen LogP contribution >= 0.6 is 11.6 Å². The minimum Gasteiger partial charge on any atom is -0.434 e. The Balaban J connectivity index is 1.63. The van der Waals surface area contributed by atoms with Gasteiger partial charge in [-0.25, -0.2) is 0 Å². The second-order valence-electron chi connectivity index (χ2n) is 11.0. The van der Waals surface area contributed by atoms with E-state index in [0.29, 0.717) is 54.6 Å². The van der Waals surface area contributed by atoms with Crippen LogP contribution in [0.25, 0.3) is 11.3 Å².